The number of rotatable bonds is 4. The molecular formula is C17H24N2O3. The van der Waals surface area contributed by atoms with Crippen LogP contribution in [-0.4, -0.2) is 43.5 Å². The van der Waals surface area contributed by atoms with Gasteiger partial charge in [-0.1, -0.05) is 13.8 Å². The van der Waals surface area contributed by atoms with Gasteiger partial charge in [0.25, 0.3) is 0 Å². The molecule has 0 radical (unpaired) electrons. The van der Waals surface area contributed by atoms with Gasteiger partial charge in [0.05, 0.1) is 19.2 Å². The van der Waals surface area contributed by atoms with Crippen molar-refractivity contribution in [1.82, 2.24) is 4.90 Å². The van der Waals surface area contributed by atoms with E-state index in [0.717, 1.165) is 13.1 Å². The molecule has 120 valence electrons. The number of hydrogen-bond acceptors (Lipinski definition) is 4. The monoisotopic (exact) mass is 304 g/mol. The van der Waals surface area contributed by atoms with Crippen LogP contribution in [0.5, 0.6) is 0 Å². The molecule has 1 amide bonds. The fourth-order valence-corrected chi connectivity index (χ4v) is 3.13. The summed E-state index contributed by atoms with van der Waals surface area (Å²) in [6.45, 7) is 6.81. The Balaban J connectivity index is 1.87. The number of carbonyl (C=O) groups excluding carboxylic acids is 2. The van der Waals surface area contributed by atoms with Crippen molar-refractivity contribution in [2.24, 2.45) is 11.8 Å². The predicted molar refractivity (Wildman–Crippen MR) is 85.8 cm³/mol. The highest BCUT2D eigenvalue weighted by molar-refractivity contribution is 5.93. The van der Waals surface area contributed by atoms with Gasteiger partial charge in [-0.25, -0.2) is 4.79 Å². The molecule has 1 aromatic rings. The highest BCUT2D eigenvalue weighted by atomic mass is 16.5. The second kappa shape index (κ2) is 7.40. The van der Waals surface area contributed by atoms with E-state index in [9.17, 15) is 9.59 Å². The predicted octanol–water partition coefficient (Wildman–Crippen LogP) is 2.39. The molecule has 2 unspecified atom stereocenters. The van der Waals surface area contributed by atoms with Gasteiger partial charge >= 0.3 is 5.97 Å². The number of esters is 1. The Bertz CT molecular complexity index is 517. The molecule has 1 fully saturated rings. The standard InChI is InChI=1S/C17H24N2O3/c1-12-8-13(2)10-19(9-12)11-16(20)18-15-6-4-14(5-7-15)17(21)22-3/h4-7,12-13H,8-11H2,1-3H3,(H,18,20). The number of anilines is 1. The van der Waals surface area contributed by atoms with Gasteiger partial charge in [-0.3, -0.25) is 9.69 Å². The lowest BCUT2D eigenvalue weighted by Crippen LogP contribution is -2.42. The summed E-state index contributed by atoms with van der Waals surface area (Å²) >= 11 is 0. The van der Waals surface area contributed by atoms with Gasteiger partial charge in [0.1, 0.15) is 0 Å². The number of nitrogens with zero attached hydrogens (tertiary/aromatic N) is 1. The van der Waals surface area contributed by atoms with E-state index >= 15 is 0 Å². The number of likely N-dealkylation sites (tertiary alicyclic amines) is 1. The minimum Gasteiger partial charge on any atom is -0.465 e. The summed E-state index contributed by atoms with van der Waals surface area (Å²) in [5.74, 6) is 0.869. The molecule has 2 atom stereocenters. The van der Waals surface area contributed by atoms with Crippen molar-refractivity contribution < 1.29 is 14.3 Å². The summed E-state index contributed by atoms with van der Waals surface area (Å²) in [5.41, 5.74) is 1.16. The van der Waals surface area contributed by atoms with Crippen LogP contribution in [0.15, 0.2) is 24.3 Å². The van der Waals surface area contributed by atoms with Crippen molar-refractivity contribution in [1.29, 1.82) is 0 Å². The van der Waals surface area contributed by atoms with Crippen molar-refractivity contribution >= 4 is 17.6 Å². The van der Waals surface area contributed by atoms with Crippen LogP contribution in [0, 0.1) is 11.8 Å². The third-order valence-corrected chi connectivity index (χ3v) is 3.90. The van der Waals surface area contributed by atoms with Crippen LogP contribution in [0.4, 0.5) is 5.69 Å². The average Bonchev–Trinajstić information content (AvgIpc) is 2.46. The first kappa shape index (κ1) is 16.5. The van der Waals surface area contributed by atoms with Gasteiger partial charge in [0.15, 0.2) is 0 Å². The number of hydrogen-bond donors (Lipinski definition) is 1. The average molecular weight is 304 g/mol. The first-order valence-electron chi connectivity index (χ1n) is 7.68. The number of amides is 1. The quantitative estimate of drug-likeness (QED) is 0.868. The highest BCUT2D eigenvalue weighted by Gasteiger charge is 2.23. The normalized spacial score (nSPS) is 22.1. The molecule has 0 bridgehead atoms. The topological polar surface area (TPSA) is 58.6 Å². The number of ether oxygens (including phenoxy) is 1. The molecule has 22 heavy (non-hydrogen) atoms. The van der Waals surface area contributed by atoms with Crippen molar-refractivity contribution in [3.63, 3.8) is 0 Å². The fourth-order valence-electron chi connectivity index (χ4n) is 3.13. The maximum atomic E-state index is 12.1. The summed E-state index contributed by atoms with van der Waals surface area (Å²) in [6.07, 6.45) is 1.23. The van der Waals surface area contributed by atoms with Crippen LogP contribution in [0.2, 0.25) is 0 Å². The molecule has 0 aliphatic carbocycles. The van der Waals surface area contributed by atoms with Crippen molar-refractivity contribution in [3.8, 4) is 0 Å². The van der Waals surface area contributed by atoms with E-state index in [4.69, 9.17) is 0 Å². The van der Waals surface area contributed by atoms with Crippen molar-refractivity contribution in [2.45, 2.75) is 20.3 Å². The Morgan fingerprint density at radius 3 is 2.32 bits per heavy atom. The van der Waals surface area contributed by atoms with Gasteiger partial charge in [-0.05, 0) is 42.5 Å². The second-order valence-corrected chi connectivity index (χ2v) is 6.26. The Morgan fingerprint density at radius 2 is 1.77 bits per heavy atom. The molecule has 2 rings (SSSR count). The lowest BCUT2D eigenvalue weighted by molar-refractivity contribution is -0.117. The van der Waals surface area contributed by atoms with Crippen LogP contribution in [0.1, 0.15) is 30.6 Å². The van der Waals surface area contributed by atoms with Crippen LogP contribution >= 0.6 is 0 Å². The van der Waals surface area contributed by atoms with E-state index in [2.05, 4.69) is 28.8 Å². The first-order chi connectivity index (χ1) is 10.5. The van der Waals surface area contributed by atoms with Crippen LogP contribution in [0.25, 0.3) is 0 Å². The molecule has 1 N–H and O–H groups in total. The largest absolute Gasteiger partial charge is 0.465 e. The number of benzene rings is 1. The molecule has 1 aliphatic heterocycles. The summed E-state index contributed by atoms with van der Waals surface area (Å²) < 4.78 is 4.64. The highest BCUT2D eigenvalue weighted by Crippen LogP contribution is 2.20. The maximum Gasteiger partial charge on any atom is 0.337 e. The van der Waals surface area contributed by atoms with Gasteiger partial charge in [0.2, 0.25) is 5.91 Å². The smallest absolute Gasteiger partial charge is 0.337 e. The first-order valence-corrected chi connectivity index (χ1v) is 7.68. The van der Waals surface area contributed by atoms with E-state index in [-0.39, 0.29) is 11.9 Å². The van der Waals surface area contributed by atoms with E-state index in [1.54, 1.807) is 24.3 Å². The number of nitrogens with one attached hydrogen (secondary N) is 1. The Hall–Kier alpha value is -1.88. The molecule has 1 saturated heterocycles. The summed E-state index contributed by atoms with van der Waals surface area (Å²) in [6, 6.07) is 6.72. The van der Waals surface area contributed by atoms with Crippen LogP contribution in [-0.2, 0) is 9.53 Å². The van der Waals surface area contributed by atoms with Gasteiger partial charge in [-0.15, -0.1) is 0 Å². The zero-order valence-electron chi connectivity index (χ0n) is 13.5. The molecule has 1 aliphatic rings. The number of carbonyl (C=O) groups is 2. The number of piperidine rings is 1. The van der Waals surface area contributed by atoms with Crippen LogP contribution < -0.4 is 5.32 Å². The zero-order valence-corrected chi connectivity index (χ0v) is 13.5. The fraction of sp³-hybridized carbons (Fsp3) is 0.529. The van der Waals surface area contributed by atoms with Gasteiger partial charge in [0, 0.05) is 18.8 Å². The maximum absolute atomic E-state index is 12.1. The molecule has 0 aromatic heterocycles. The van der Waals surface area contributed by atoms with Crippen molar-refractivity contribution in [3.05, 3.63) is 29.8 Å². The molecule has 5 heteroatoms. The van der Waals surface area contributed by atoms with E-state index in [1.165, 1.54) is 13.5 Å². The van der Waals surface area contributed by atoms with Crippen molar-refractivity contribution in [2.75, 3.05) is 32.1 Å². The molecule has 1 aromatic carbocycles. The van der Waals surface area contributed by atoms with Gasteiger partial charge < -0.3 is 10.1 Å². The molecule has 0 spiro atoms. The van der Waals surface area contributed by atoms with E-state index in [1.807, 2.05) is 0 Å². The Kier molecular flexibility index (Phi) is 5.55. The summed E-state index contributed by atoms with van der Waals surface area (Å²) in [4.78, 5) is 25.7. The third-order valence-electron chi connectivity index (χ3n) is 3.90. The minimum absolute atomic E-state index is 0.0212. The lowest BCUT2D eigenvalue weighted by Gasteiger charge is -2.34. The second-order valence-electron chi connectivity index (χ2n) is 6.26. The Labute approximate surface area is 131 Å². The van der Waals surface area contributed by atoms with E-state index in [0.29, 0.717) is 29.6 Å². The number of methoxy groups -OCH3 is 1. The zero-order chi connectivity index (χ0) is 16.1. The molecular weight excluding hydrogens is 280 g/mol. The third kappa shape index (κ3) is 4.56. The van der Waals surface area contributed by atoms with Gasteiger partial charge in [-0.2, -0.15) is 0 Å². The molecule has 1 heterocycles. The summed E-state index contributed by atoms with van der Waals surface area (Å²) in [5, 5.41) is 2.87. The SMILES string of the molecule is COC(=O)c1ccc(NC(=O)CN2CC(C)CC(C)C2)cc1. The molecule has 5 nitrogen and oxygen atoms in total. The summed E-state index contributed by atoms with van der Waals surface area (Å²) in [7, 11) is 1.35. The molecule has 0 saturated carbocycles. The van der Waals surface area contributed by atoms with E-state index < -0.39 is 0 Å². The minimum atomic E-state index is -0.380. The van der Waals surface area contributed by atoms with Crippen LogP contribution in [0.3, 0.4) is 0 Å². The Morgan fingerprint density at radius 1 is 1.18 bits per heavy atom. The lowest BCUT2D eigenvalue weighted by atomic mass is 9.92.